The van der Waals surface area contributed by atoms with Crippen molar-refractivity contribution in [3.05, 3.63) is 467 Å². The van der Waals surface area contributed by atoms with Crippen molar-refractivity contribution in [2.75, 3.05) is 9.80 Å². The van der Waals surface area contributed by atoms with Crippen molar-refractivity contribution < 1.29 is 0 Å². The van der Waals surface area contributed by atoms with Gasteiger partial charge in [0, 0.05) is 45.0 Å². The molecule has 6 aliphatic rings. The Hall–Kier alpha value is -13.7. The third kappa shape index (κ3) is 9.71. The highest BCUT2D eigenvalue weighted by atomic mass is 15.1. The van der Waals surface area contributed by atoms with E-state index in [9.17, 15) is 0 Å². The predicted molar refractivity (Wildman–Crippen MR) is 483 cm³/mol. The lowest BCUT2D eigenvalue weighted by atomic mass is 9.70. The Bertz CT molecular complexity index is 6770. The largest absolute Gasteiger partial charge is 0.310 e. The van der Waals surface area contributed by atoms with Crippen LogP contribution in [0.4, 0.5) is 34.1 Å². The van der Waals surface area contributed by atoms with Crippen LogP contribution in [0.5, 0.6) is 0 Å². The summed E-state index contributed by atoms with van der Waals surface area (Å²) >= 11 is 0. The second kappa shape index (κ2) is 25.4. The molecule has 2 nitrogen and oxygen atoms in total. The zero-order valence-electron chi connectivity index (χ0n) is 65.8. The van der Waals surface area contributed by atoms with Gasteiger partial charge in [-0.2, -0.15) is 0 Å². The van der Waals surface area contributed by atoms with Gasteiger partial charge in [-0.05, 0) is 270 Å². The summed E-state index contributed by atoms with van der Waals surface area (Å²) in [4.78, 5) is 4.97. The zero-order chi connectivity index (χ0) is 77.4. The number of benzene rings is 17. The minimum Gasteiger partial charge on any atom is -0.310 e. The van der Waals surface area contributed by atoms with Gasteiger partial charge in [0.15, 0.2) is 0 Å². The van der Waals surface area contributed by atoms with Gasteiger partial charge in [-0.15, -0.1) is 0 Å². The highest BCUT2D eigenvalue weighted by Gasteiger charge is 2.54. The molecule has 2 heteroatoms. The zero-order valence-corrected chi connectivity index (χ0v) is 65.8. The Balaban J connectivity index is 0.543. The van der Waals surface area contributed by atoms with Crippen LogP contribution in [-0.4, -0.2) is 0 Å². The van der Waals surface area contributed by atoms with Gasteiger partial charge in [0.25, 0.3) is 0 Å². The Kier molecular flexibility index (Phi) is 14.9. The number of nitrogens with zero attached hydrogens (tertiary/aromatic N) is 2. The fraction of sp³-hybridized carbons (Fsp3) is 0.105. The fourth-order valence-electron chi connectivity index (χ4n) is 22.1. The summed E-state index contributed by atoms with van der Waals surface area (Å²) in [5.74, 6) is 0. The van der Waals surface area contributed by atoms with E-state index in [-0.39, 0.29) is 16.2 Å². The van der Waals surface area contributed by atoms with Gasteiger partial charge in [0.05, 0.1) is 10.8 Å². The van der Waals surface area contributed by atoms with Crippen LogP contribution in [0.15, 0.2) is 394 Å². The molecule has 6 aliphatic carbocycles. The monoisotopic (exact) mass is 1480 g/mol. The summed E-state index contributed by atoms with van der Waals surface area (Å²) < 4.78 is 0. The highest BCUT2D eigenvalue weighted by Crippen LogP contribution is 2.66. The van der Waals surface area contributed by atoms with E-state index in [1.165, 1.54) is 172 Å². The molecule has 0 fully saturated rings. The lowest BCUT2D eigenvalue weighted by Crippen LogP contribution is -2.26. The van der Waals surface area contributed by atoms with Gasteiger partial charge in [-0.3, -0.25) is 0 Å². The van der Waals surface area contributed by atoms with Crippen LogP contribution in [0.3, 0.4) is 0 Å². The first-order chi connectivity index (χ1) is 56.9. The molecule has 0 amide bonds. The summed E-state index contributed by atoms with van der Waals surface area (Å²) in [7, 11) is 0. The molecule has 17 aromatic rings. The highest BCUT2D eigenvalue weighted by molar-refractivity contribution is 6.00. The Morgan fingerprint density at radius 3 is 0.905 bits per heavy atom. The Morgan fingerprint density at radius 2 is 0.474 bits per heavy atom. The molecule has 116 heavy (non-hydrogen) atoms. The van der Waals surface area contributed by atoms with E-state index < -0.39 is 10.8 Å². The molecule has 0 saturated heterocycles. The molecule has 550 valence electrons. The van der Waals surface area contributed by atoms with E-state index in [1.807, 2.05) is 0 Å². The van der Waals surface area contributed by atoms with E-state index >= 15 is 0 Å². The van der Waals surface area contributed by atoms with Crippen molar-refractivity contribution in [2.45, 2.75) is 74.5 Å². The summed E-state index contributed by atoms with van der Waals surface area (Å²) in [6, 6.07) is 150. The Labute approximate surface area is 680 Å². The smallest absolute Gasteiger partial charge is 0.0726 e. The summed E-state index contributed by atoms with van der Waals surface area (Å²) in [6.07, 6.45) is 2.01. The average Bonchev–Trinajstić information content (AvgIpc) is 1.51. The van der Waals surface area contributed by atoms with Gasteiger partial charge in [-0.1, -0.05) is 350 Å². The van der Waals surface area contributed by atoms with Gasteiger partial charge in [0.2, 0.25) is 0 Å². The number of anilines is 6. The minimum atomic E-state index is -0.464. The van der Waals surface area contributed by atoms with Crippen molar-refractivity contribution in [3.8, 4) is 100 Å². The second-order valence-electron chi connectivity index (χ2n) is 34.4. The molecule has 0 aliphatic heterocycles. The fourth-order valence-corrected chi connectivity index (χ4v) is 22.1. The third-order valence-electron chi connectivity index (χ3n) is 27.8. The summed E-state index contributed by atoms with van der Waals surface area (Å²) in [6.45, 7) is 12.1. The number of hydrogen-bond donors (Lipinski definition) is 0. The minimum absolute atomic E-state index is 0.104. The van der Waals surface area contributed by atoms with Crippen molar-refractivity contribution >= 4 is 34.1 Å². The molecular weight excluding hydrogens is 1400 g/mol. The lowest BCUT2D eigenvalue weighted by molar-refractivity contribution is 0.397. The Morgan fingerprint density at radius 1 is 0.207 bits per heavy atom. The molecule has 0 aromatic heterocycles. The summed E-state index contributed by atoms with van der Waals surface area (Å²) in [5.41, 5.74) is 45.9. The standard InChI is InChI=1S/C114H84N2/c1-110(2,79-52-43-74(44-53-79)76-47-56-82(57-48-76)116(83-62-66-99-97(70-83)92-33-9-17-35-98(92)111(99,3)4)85-61-64-95-91-32-16-24-42-107(91)114(109(95)72-85)104-39-21-13-29-88(104)89-30-14-22-40-105(89)114)67-68-112(5)100-36-18-10-34-93(100)96-69-78(51-65-101(96)112)77-49-58-81(59-50-77)115(80-54-45-75(46-55-80)73-25-7-6-8-26-73)84-60-63-94-90-31-15-23-41-106(90)113(108(94)71-84)102-37-19-11-27-86(102)87-28-12-20-38-103(87)113/h6-66,69-72H,67-68H2,1-5H3. The molecule has 23 rings (SSSR count). The van der Waals surface area contributed by atoms with Gasteiger partial charge < -0.3 is 9.80 Å². The van der Waals surface area contributed by atoms with Crippen LogP contribution >= 0.6 is 0 Å². The number of rotatable bonds is 13. The maximum Gasteiger partial charge on any atom is 0.0726 e. The van der Waals surface area contributed by atoms with Crippen molar-refractivity contribution in [1.29, 1.82) is 0 Å². The second-order valence-corrected chi connectivity index (χ2v) is 34.4. The molecule has 0 radical (unpaired) electrons. The summed E-state index contributed by atoms with van der Waals surface area (Å²) in [5, 5.41) is 0. The predicted octanol–water partition coefficient (Wildman–Crippen LogP) is 29.7. The van der Waals surface area contributed by atoms with Gasteiger partial charge in [0.1, 0.15) is 0 Å². The van der Waals surface area contributed by atoms with E-state index in [0.29, 0.717) is 0 Å². The first kappa shape index (κ1) is 68.0. The van der Waals surface area contributed by atoms with E-state index in [1.54, 1.807) is 0 Å². The first-order valence-corrected chi connectivity index (χ1v) is 41.3. The maximum absolute atomic E-state index is 2.52. The van der Waals surface area contributed by atoms with Crippen molar-refractivity contribution in [3.63, 3.8) is 0 Å². The molecule has 1 unspecified atom stereocenters. The van der Waals surface area contributed by atoms with E-state index in [4.69, 9.17) is 0 Å². The molecule has 0 saturated carbocycles. The first-order valence-electron chi connectivity index (χ1n) is 41.3. The normalized spacial score (nSPS) is 15.4. The topological polar surface area (TPSA) is 6.48 Å². The quantitative estimate of drug-likeness (QED) is 0.114. The van der Waals surface area contributed by atoms with Crippen LogP contribution in [0, 0.1) is 0 Å². The number of hydrogen-bond acceptors (Lipinski definition) is 2. The molecule has 1 atom stereocenters. The molecule has 2 spiro atoms. The lowest BCUT2D eigenvalue weighted by Gasteiger charge is -2.33. The van der Waals surface area contributed by atoms with Crippen LogP contribution in [0.2, 0.25) is 0 Å². The van der Waals surface area contributed by atoms with Gasteiger partial charge in [-0.25, -0.2) is 0 Å². The van der Waals surface area contributed by atoms with E-state index in [2.05, 4.69) is 439 Å². The molecule has 17 aromatic carbocycles. The molecule has 0 heterocycles. The van der Waals surface area contributed by atoms with Crippen molar-refractivity contribution in [2.24, 2.45) is 0 Å². The SMILES string of the molecule is CC(C)(CCC1(C)c2ccccc2-c2cc(-c3ccc(N(c4ccc(-c5ccccc5)cc4)c4ccc5c(c4)C4(c6ccccc6-c6ccccc64)c4ccccc4-5)cc3)ccc21)c1ccc(-c2ccc(N(c3ccc4c(c3)-c3ccccc3C4(C)C)c3ccc4c(c3)C3(c5ccccc5-c5ccccc53)c3ccccc3-4)cc2)cc1. The molecular formula is C114H84N2. The average molecular weight is 1480 g/mol. The molecule has 0 N–H and O–H groups in total. The number of fused-ring (bicyclic) bond motifs is 26. The van der Waals surface area contributed by atoms with Crippen LogP contribution in [0.25, 0.3) is 100 Å². The van der Waals surface area contributed by atoms with Gasteiger partial charge >= 0.3 is 0 Å². The van der Waals surface area contributed by atoms with Crippen LogP contribution < -0.4 is 9.80 Å². The maximum atomic E-state index is 2.52. The van der Waals surface area contributed by atoms with Crippen molar-refractivity contribution in [1.82, 2.24) is 0 Å². The molecule has 0 bridgehead atoms. The van der Waals surface area contributed by atoms with Crippen LogP contribution in [0.1, 0.15) is 120 Å². The third-order valence-corrected chi connectivity index (χ3v) is 27.8. The van der Waals surface area contributed by atoms with E-state index in [0.717, 1.165) is 47.0 Å². The van der Waals surface area contributed by atoms with Crippen LogP contribution in [-0.2, 0) is 27.1 Å².